The highest BCUT2D eigenvalue weighted by Gasteiger charge is 2.21. The van der Waals surface area contributed by atoms with E-state index in [-0.39, 0.29) is 12.3 Å². The number of nitrogens with one attached hydrogen (secondary N) is 1. The van der Waals surface area contributed by atoms with E-state index in [4.69, 9.17) is 4.42 Å². The molecule has 0 aliphatic carbocycles. The van der Waals surface area contributed by atoms with Crippen LogP contribution in [0.4, 0.5) is 0 Å². The lowest BCUT2D eigenvalue weighted by atomic mass is 10.4. The van der Waals surface area contributed by atoms with Crippen molar-refractivity contribution in [3.63, 3.8) is 0 Å². The topological polar surface area (TPSA) is 65.8 Å². The number of rotatable bonds is 6. The Kier molecular flexibility index (Phi) is 5.20. The molecule has 2 rings (SSSR count). The average molecular weight is 301 g/mol. The standard InChI is InChI=1S/C13H23N3O3S/c1-12-3-4-13(19-12)11-15(2)20(17,18)10-9-16-7-5-14-6-8-16/h3-4,14H,5-11H2,1-2H3. The van der Waals surface area contributed by atoms with Gasteiger partial charge in [0.15, 0.2) is 0 Å². The van der Waals surface area contributed by atoms with Crippen LogP contribution < -0.4 is 5.32 Å². The van der Waals surface area contributed by atoms with Crippen molar-refractivity contribution in [2.45, 2.75) is 13.5 Å². The predicted molar refractivity (Wildman–Crippen MR) is 78.0 cm³/mol. The maximum atomic E-state index is 12.2. The second-order valence-corrected chi connectivity index (χ2v) is 7.37. The fraction of sp³-hybridized carbons (Fsp3) is 0.692. The van der Waals surface area contributed by atoms with E-state index >= 15 is 0 Å². The summed E-state index contributed by atoms with van der Waals surface area (Å²) in [6.45, 7) is 6.42. The molecule has 1 saturated heterocycles. The molecule has 0 spiro atoms. The number of nitrogens with zero attached hydrogens (tertiary/aromatic N) is 2. The molecule has 1 aromatic heterocycles. The van der Waals surface area contributed by atoms with Crippen LogP contribution in [0.5, 0.6) is 0 Å². The molecule has 20 heavy (non-hydrogen) atoms. The normalized spacial score (nSPS) is 17.8. The highest BCUT2D eigenvalue weighted by molar-refractivity contribution is 7.89. The van der Waals surface area contributed by atoms with Crippen LogP contribution in [0.3, 0.4) is 0 Å². The van der Waals surface area contributed by atoms with Gasteiger partial charge in [0, 0.05) is 39.8 Å². The summed E-state index contributed by atoms with van der Waals surface area (Å²) >= 11 is 0. The van der Waals surface area contributed by atoms with Crippen LogP contribution in [0.1, 0.15) is 11.5 Å². The van der Waals surface area contributed by atoms with Gasteiger partial charge in [0.25, 0.3) is 0 Å². The van der Waals surface area contributed by atoms with Gasteiger partial charge in [-0.2, -0.15) is 4.31 Å². The monoisotopic (exact) mass is 301 g/mol. The molecule has 1 aliphatic rings. The van der Waals surface area contributed by atoms with Gasteiger partial charge >= 0.3 is 0 Å². The molecule has 0 radical (unpaired) electrons. The van der Waals surface area contributed by atoms with E-state index in [1.807, 2.05) is 19.1 Å². The maximum absolute atomic E-state index is 12.2. The number of furan rings is 1. The molecule has 1 N–H and O–H groups in total. The second-order valence-electron chi connectivity index (χ2n) is 5.18. The molecule has 0 aromatic carbocycles. The van der Waals surface area contributed by atoms with E-state index in [1.165, 1.54) is 4.31 Å². The van der Waals surface area contributed by atoms with Crippen molar-refractivity contribution in [2.24, 2.45) is 0 Å². The first kappa shape index (κ1) is 15.5. The van der Waals surface area contributed by atoms with E-state index in [0.29, 0.717) is 12.3 Å². The summed E-state index contributed by atoms with van der Waals surface area (Å²) in [6, 6.07) is 3.66. The summed E-state index contributed by atoms with van der Waals surface area (Å²) < 4.78 is 31.2. The van der Waals surface area contributed by atoms with E-state index in [1.54, 1.807) is 7.05 Å². The van der Waals surface area contributed by atoms with Crippen molar-refractivity contribution in [2.75, 3.05) is 45.5 Å². The smallest absolute Gasteiger partial charge is 0.215 e. The van der Waals surface area contributed by atoms with Crippen LogP contribution in [0.25, 0.3) is 0 Å². The van der Waals surface area contributed by atoms with E-state index in [2.05, 4.69) is 10.2 Å². The maximum Gasteiger partial charge on any atom is 0.215 e. The van der Waals surface area contributed by atoms with Crippen molar-refractivity contribution >= 4 is 10.0 Å². The van der Waals surface area contributed by atoms with E-state index in [0.717, 1.165) is 31.9 Å². The number of sulfonamides is 1. The SMILES string of the molecule is Cc1ccc(CN(C)S(=O)(=O)CCN2CCNCC2)o1. The predicted octanol–water partition coefficient (Wildman–Crippen LogP) is 0.255. The molecule has 2 heterocycles. The van der Waals surface area contributed by atoms with Crippen LogP contribution in [0, 0.1) is 6.92 Å². The quantitative estimate of drug-likeness (QED) is 0.816. The van der Waals surface area contributed by atoms with E-state index < -0.39 is 10.0 Å². The molecule has 0 amide bonds. The lowest BCUT2D eigenvalue weighted by Gasteiger charge is -2.27. The summed E-state index contributed by atoms with van der Waals surface area (Å²) in [4.78, 5) is 2.18. The molecule has 0 saturated carbocycles. The molecule has 1 aliphatic heterocycles. The summed E-state index contributed by atoms with van der Waals surface area (Å²) in [7, 11) is -1.64. The first-order valence-corrected chi connectivity index (χ1v) is 8.51. The Morgan fingerprint density at radius 2 is 2.05 bits per heavy atom. The molecule has 7 heteroatoms. The number of hydrogen-bond acceptors (Lipinski definition) is 5. The van der Waals surface area contributed by atoms with Crippen LogP contribution >= 0.6 is 0 Å². The summed E-state index contributed by atoms with van der Waals surface area (Å²) in [5, 5.41) is 3.26. The molecule has 6 nitrogen and oxygen atoms in total. The zero-order valence-electron chi connectivity index (χ0n) is 12.1. The van der Waals surface area contributed by atoms with Crippen LogP contribution in [-0.4, -0.2) is 63.1 Å². The minimum Gasteiger partial charge on any atom is -0.465 e. The highest BCUT2D eigenvalue weighted by atomic mass is 32.2. The third-order valence-corrected chi connectivity index (χ3v) is 5.30. The first-order valence-electron chi connectivity index (χ1n) is 6.90. The van der Waals surface area contributed by atoms with Gasteiger partial charge in [-0.15, -0.1) is 0 Å². The number of piperazine rings is 1. The molecule has 1 fully saturated rings. The number of aryl methyl sites for hydroxylation is 1. The highest BCUT2D eigenvalue weighted by Crippen LogP contribution is 2.11. The Hall–Kier alpha value is -0.890. The van der Waals surface area contributed by atoms with Crippen molar-refractivity contribution < 1.29 is 12.8 Å². The Labute approximate surface area is 120 Å². The van der Waals surface area contributed by atoms with E-state index in [9.17, 15) is 8.42 Å². The molecule has 0 unspecified atom stereocenters. The fourth-order valence-electron chi connectivity index (χ4n) is 2.22. The molecule has 0 bridgehead atoms. The first-order chi connectivity index (χ1) is 9.47. The third kappa shape index (κ3) is 4.31. The summed E-state index contributed by atoms with van der Waals surface area (Å²) in [5.74, 6) is 1.63. The third-order valence-electron chi connectivity index (χ3n) is 3.52. The number of hydrogen-bond donors (Lipinski definition) is 1. The van der Waals surface area contributed by atoms with Crippen LogP contribution in [0.15, 0.2) is 16.5 Å². The minimum absolute atomic E-state index is 0.156. The van der Waals surface area contributed by atoms with Crippen molar-refractivity contribution in [1.29, 1.82) is 0 Å². The fourth-order valence-corrected chi connectivity index (χ4v) is 3.35. The largest absolute Gasteiger partial charge is 0.465 e. The van der Waals surface area contributed by atoms with Crippen LogP contribution in [-0.2, 0) is 16.6 Å². The molecular weight excluding hydrogens is 278 g/mol. The molecular formula is C13H23N3O3S. The average Bonchev–Trinajstić information content (AvgIpc) is 2.83. The Bertz CT molecular complexity index is 521. The second kappa shape index (κ2) is 6.71. The van der Waals surface area contributed by atoms with Gasteiger partial charge in [-0.25, -0.2) is 8.42 Å². The van der Waals surface area contributed by atoms with Gasteiger partial charge in [-0.05, 0) is 19.1 Å². The Balaban J connectivity index is 1.85. The summed E-state index contributed by atoms with van der Waals surface area (Å²) in [6.07, 6.45) is 0. The Morgan fingerprint density at radius 3 is 2.65 bits per heavy atom. The lowest BCUT2D eigenvalue weighted by Crippen LogP contribution is -2.46. The van der Waals surface area contributed by atoms with Crippen LogP contribution in [0.2, 0.25) is 0 Å². The molecule has 114 valence electrons. The molecule has 0 atom stereocenters. The minimum atomic E-state index is -3.24. The van der Waals surface area contributed by atoms with Gasteiger partial charge in [0.05, 0.1) is 12.3 Å². The van der Waals surface area contributed by atoms with Gasteiger partial charge in [0.2, 0.25) is 10.0 Å². The van der Waals surface area contributed by atoms with Crippen molar-refractivity contribution in [1.82, 2.24) is 14.5 Å². The summed E-state index contributed by atoms with van der Waals surface area (Å²) in [5.41, 5.74) is 0. The van der Waals surface area contributed by atoms with Gasteiger partial charge in [-0.3, -0.25) is 4.90 Å². The van der Waals surface area contributed by atoms with Crippen molar-refractivity contribution in [3.05, 3.63) is 23.7 Å². The zero-order chi connectivity index (χ0) is 14.6. The zero-order valence-corrected chi connectivity index (χ0v) is 12.9. The molecule has 1 aromatic rings. The van der Waals surface area contributed by atoms with Crippen molar-refractivity contribution in [3.8, 4) is 0 Å². The lowest BCUT2D eigenvalue weighted by molar-refractivity contribution is 0.252. The Morgan fingerprint density at radius 1 is 1.35 bits per heavy atom. The van der Waals surface area contributed by atoms with Gasteiger partial charge in [-0.1, -0.05) is 0 Å². The van der Waals surface area contributed by atoms with Gasteiger partial charge < -0.3 is 9.73 Å². The van der Waals surface area contributed by atoms with Gasteiger partial charge in [0.1, 0.15) is 11.5 Å².